The number of rotatable bonds is 5. The van der Waals surface area contributed by atoms with Gasteiger partial charge in [0.1, 0.15) is 11.6 Å². The van der Waals surface area contributed by atoms with Gasteiger partial charge in [-0.05, 0) is 67.0 Å². The summed E-state index contributed by atoms with van der Waals surface area (Å²) in [5.74, 6) is 2.86. The zero-order valence-corrected chi connectivity index (χ0v) is 17.2. The van der Waals surface area contributed by atoms with Crippen molar-refractivity contribution in [1.82, 2.24) is 9.55 Å². The molecule has 3 heteroatoms. The molecule has 1 aromatic carbocycles. The van der Waals surface area contributed by atoms with Gasteiger partial charge >= 0.3 is 0 Å². The molecule has 1 heterocycles. The number of nitrogens with zero attached hydrogens (tertiary/aromatic N) is 2. The summed E-state index contributed by atoms with van der Waals surface area (Å²) in [5, 5.41) is 0. The molecule has 0 aliphatic rings. The molecule has 0 unspecified atom stereocenters. The highest BCUT2D eigenvalue weighted by molar-refractivity contribution is 5.72. The van der Waals surface area contributed by atoms with Gasteiger partial charge in [-0.2, -0.15) is 0 Å². The van der Waals surface area contributed by atoms with Crippen LogP contribution in [0.5, 0.6) is 5.75 Å². The zero-order valence-electron chi connectivity index (χ0n) is 17.2. The molecule has 0 saturated heterocycles. The van der Waals surface area contributed by atoms with E-state index in [0.29, 0.717) is 11.8 Å². The maximum Gasteiger partial charge on any atom is 0.132 e. The molecule has 1 aromatic heterocycles. The summed E-state index contributed by atoms with van der Waals surface area (Å²) in [5.41, 5.74) is 7.45. The van der Waals surface area contributed by atoms with E-state index in [0.717, 1.165) is 11.6 Å². The molecule has 0 aliphatic carbocycles. The maximum atomic E-state index is 5.47. The molecule has 25 heavy (non-hydrogen) atoms. The topological polar surface area (TPSA) is 27.1 Å². The Bertz CT molecular complexity index is 795. The van der Waals surface area contributed by atoms with Crippen LogP contribution in [0.4, 0.5) is 0 Å². The van der Waals surface area contributed by atoms with E-state index >= 15 is 0 Å². The van der Waals surface area contributed by atoms with Crippen molar-refractivity contribution in [2.24, 2.45) is 7.05 Å². The average Bonchev–Trinajstić information content (AvgIpc) is 2.88. The highest BCUT2D eigenvalue weighted by Crippen LogP contribution is 2.30. The van der Waals surface area contributed by atoms with Crippen molar-refractivity contribution >= 4 is 12.2 Å². The number of aryl methyl sites for hydroxylation is 1. The van der Waals surface area contributed by atoms with Crippen molar-refractivity contribution in [2.75, 3.05) is 7.11 Å². The lowest BCUT2D eigenvalue weighted by atomic mass is 9.97. The first kappa shape index (κ1) is 19.3. The number of imidazole rings is 1. The van der Waals surface area contributed by atoms with Gasteiger partial charge in [0.2, 0.25) is 0 Å². The molecule has 2 rings (SSSR count). The Labute approximate surface area is 152 Å². The van der Waals surface area contributed by atoms with Gasteiger partial charge in [0.25, 0.3) is 0 Å². The van der Waals surface area contributed by atoms with Crippen LogP contribution in [-0.2, 0) is 7.05 Å². The molecule has 0 fully saturated rings. The zero-order chi connectivity index (χ0) is 18.9. The smallest absolute Gasteiger partial charge is 0.132 e. The Morgan fingerprint density at radius 2 is 1.64 bits per heavy atom. The van der Waals surface area contributed by atoms with Crippen molar-refractivity contribution in [3.63, 3.8) is 0 Å². The minimum absolute atomic E-state index is 0.428. The summed E-state index contributed by atoms with van der Waals surface area (Å²) in [6.07, 6.45) is 4.33. The number of benzene rings is 1. The van der Waals surface area contributed by atoms with Gasteiger partial charge in [-0.3, -0.25) is 0 Å². The summed E-state index contributed by atoms with van der Waals surface area (Å²) in [6.45, 7) is 15.3. The third-order valence-corrected chi connectivity index (χ3v) is 5.02. The van der Waals surface area contributed by atoms with Crippen molar-refractivity contribution in [1.29, 1.82) is 0 Å². The van der Waals surface area contributed by atoms with E-state index in [1.165, 1.54) is 33.6 Å². The minimum Gasteiger partial charge on any atom is -0.496 e. The first-order valence-corrected chi connectivity index (χ1v) is 9.08. The van der Waals surface area contributed by atoms with Gasteiger partial charge in [0.15, 0.2) is 0 Å². The van der Waals surface area contributed by atoms with Crippen LogP contribution >= 0.6 is 0 Å². The Morgan fingerprint density at radius 1 is 1.00 bits per heavy atom. The fraction of sp³-hybridized carbons (Fsp3) is 0.500. The molecular formula is C22H32N2O. The van der Waals surface area contributed by atoms with Crippen LogP contribution in [0, 0.1) is 20.8 Å². The fourth-order valence-electron chi connectivity index (χ4n) is 3.50. The largest absolute Gasteiger partial charge is 0.496 e. The van der Waals surface area contributed by atoms with E-state index in [2.05, 4.69) is 78.3 Å². The Balaban J connectivity index is 2.51. The number of hydrogen-bond donors (Lipinski definition) is 0. The molecule has 0 radical (unpaired) electrons. The first-order chi connectivity index (χ1) is 11.7. The van der Waals surface area contributed by atoms with Crippen molar-refractivity contribution < 1.29 is 4.74 Å². The SMILES string of the molecule is COc1cc(C)c(/C=C/c2nc(C(C)C)c(C(C)C)n2C)c(C)c1C. The number of hydrogen-bond acceptors (Lipinski definition) is 2. The molecule has 0 saturated carbocycles. The Morgan fingerprint density at radius 3 is 2.12 bits per heavy atom. The summed E-state index contributed by atoms with van der Waals surface area (Å²) in [4.78, 5) is 4.91. The van der Waals surface area contributed by atoms with E-state index in [-0.39, 0.29) is 0 Å². The van der Waals surface area contributed by atoms with Gasteiger partial charge < -0.3 is 9.30 Å². The van der Waals surface area contributed by atoms with Crippen LogP contribution in [-0.4, -0.2) is 16.7 Å². The Kier molecular flexibility index (Phi) is 5.76. The second-order valence-corrected chi connectivity index (χ2v) is 7.50. The van der Waals surface area contributed by atoms with Crippen LogP contribution in [0.2, 0.25) is 0 Å². The number of methoxy groups -OCH3 is 1. The highest BCUT2D eigenvalue weighted by atomic mass is 16.5. The van der Waals surface area contributed by atoms with Gasteiger partial charge in [0.05, 0.1) is 12.8 Å². The second kappa shape index (κ2) is 7.47. The molecule has 0 bridgehead atoms. The predicted molar refractivity (Wildman–Crippen MR) is 108 cm³/mol. The monoisotopic (exact) mass is 340 g/mol. The standard InChI is InChI=1S/C22H32N2O/c1-13(2)21-22(14(3)4)24(8)20(23-21)11-10-18-15(5)12-19(25-9)17(7)16(18)6/h10-14H,1-9H3/b11-10+. The van der Waals surface area contributed by atoms with Crippen molar-refractivity contribution in [2.45, 2.75) is 60.3 Å². The van der Waals surface area contributed by atoms with Crippen LogP contribution in [0.15, 0.2) is 6.07 Å². The van der Waals surface area contributed by atoms with Gasteiger partial charge in [0, 0.05) is 12.7 Å². The van der Waals surface area contributed by atoms with Crippen molar-refractivity contribution in [3.8, 4) is 5.75 Å². The normalized spacial score (nSPS) is 12.0. The maximum absolute atomic E-state index is 5.47. The quantitative estimate of drug-likeness (QED) is 0.690. The summed E-state index contributed by atoms with van der Waals surface area (Å²) in [7, 11) is 3.85. The molecule has 0 spiro atoms. The van der Waals surface area contributed by atoms with Crippen LogP contribution in [0.25, 0.3) is 12.2 Å². The van der Waals surface area contributed by atoms with Crippen LogP contribution < -0.4 is 4.74 Å². The first-order valence-electron chi connectivity index (χ1n) is 9.08. The van der Waals surface area contributed by atoms with E-state index in [4.69, 9.17) is 9.72 Å². The lowest BCUT2D eigenvalue weighted by molar-refractivity contribution is 0.411. The van der Waals surface area contributed by atoms with Crippen LogP contribution in [0.3, 0.4) is 0 Å². The molecular weight excluding hydrogens is 308 g/mol. The van der Waals surface area contributed by atoms with Gasteiger partial charge in [-0.15, -0.1) is 0 Å². The van der Waals surface area contributed by atoms with Gasteiger partial charge in [-0.1, -0.05) is 33.8 Å². The average molecular weight is 341 g/mol. The number of ether oxygens (including phenoxy) is 1. The highest BCUT2D eigenvalue weighted by Gasteiger charge is 2.18. The number of aromatic nitrogens is 2. The van der Waals surface area contributed by atoms with E-state index in [9.17, 15) is 0 Å². The summed E-state index contributed by atoms with van der Waals surface area (Å²) < 4.78 is 7.71. The fourth-order valence-corrected chi connectivity index (χ4v) is 3.50. The molecule has 3 nitrogen and oxygen atoms in total. The summed E-state index contributed by atoms with van der Waals surface area (Å²) in [6, 6.07) is 2.11. The third-order valence-electron chi connectivity index (χ3n) is 5.02. The molecule has 0 N–H and O–H groups in total. The molecule has 2 aromatic rings. The lowest BCUT2D eigenvalue weighted by Crippen LogP contribution is -2.03. The second-order valence-electron chi connectivity index (χ2n) is 7.50. The Hall–Kier alpha value is -2.03. The molecule has 0 atom stereocenters. The van der Waals surface area contributed by atoms with E-state index in [1.807, 2.05) is 0 Å². The van der Waals surface area contributed by atoms with E-state index < -0.39 is 0 Å². The third kappa shape index (κ3) is 3.65. The van der Waals surface area contributed by atoms with E-state index in [1.54, 1.807) is 7.11 Å². The minimum atomic E-state index is 0.428. The van der Waals surface area contributed by atoms with Crippen molar-refractivity contribution in [3.05, 3.63) is 45.5 Å². The summed E-state index contributed by atoms with van der Waals surface area (Å²) >= 11 is 0. The molecule has 136 valence electrons. The molecule has 0 aliphatic heterocycles. The predicted octanol–water partition coefficient (Wildman–Crippen LogP) is 5.77. The lowest BCUT2D eigenvalue weighted by Gasteiger charge is -2.13. The molecule has 0 amide bonds. The van der Waals surface area contributed by atoms with Gasteiger partial charge in [-0.25, -0.2) is 4.98 Å². The van der Waals surface area contributed by atoms with Crippen LogP contribution in [0.1, 0.15) is 79.0 Å².